The number of nitrogens with one attached hydrogen (secondary N) is 1. The van der Waals surface area contributed by atoms with E-state index in [0.29, 0.717) is 24.8 Å². The zero-order valence-corrected chi connectivity index (χ0v) is 21.3. The van der Waals surface area contributed by atoms with E-state index in [9.17, 15) is 23.2 Å². The van der Waals surface area contributed by atoms with Crippen LogP contribution in [0.2, 0.25) is 0 Å². The Hall–Kier alpha value is -3.17. The Morgan fingerprint density at radius 3 is 2.11 bits per heavy atom. The first-order chi connectivity index (χ1) is 17.7. The minimum Gasteiger partial charge on any atom is -0.461 e. The van der Waals surface area contributed by atoms with Crippen molar-refractivity contribution in [2.24, 2.45) is 17.6 Å². The number of alkyl halides is 2. The lowest BCUT2D eigenvalue weighted by molar-refractivity contribution is -0.166. The van der Waals surface area contributed by atoms with E-state index in [4.69, 9.17) is 10.5 Å². The van der Waals surface area contributed by atoms with Crippen LogP contribution in [0.25, 0.3) is 0 Å². The fourth-order valence-electron chi connectivity index (χ4n) is 3.75. The molecule has 0 aromatic heterocycles. The van der Waals surface area contributed by atoms with Gasteiger partial charge in [0.25, 0.3) is 0 Å². The summed E-state index contributed by atoms with van der Waals surface area (Å²) in [4.78, 5) is 38.5. The predicted molar refractivity (Wildman–Crippen MR) is 135 cm³/mol. The van der Waals surface area contributed by atoms with Crippen LogP contribution in [0.3, 0.4) is 0 Å². The highest BCUT2D eigenvalue weighted by Gasteiger charge is 2.31. The van der Waals surface area contributed by atoms with Crippen LogP contribution in [0.15, 0.2) is 60.7 Å². The summed E-state index contributed by atoms with van der Waals surface area (Å²) in [7, 11) is 0. The molecule has 0 aliphatic carbocycles. The standard InChI is InChI=1S/C28H36F2N2O5/c1-19(2)15-24(32-26(34)23(31)14-13-20-9-5-3-6-10-20)25(33)16-22(18-37-28(29)30)27(35)36-17-21-11-7-4-8-12-21/h3-12,19,22-24,28H,13-18,31H2,1-2H3,(H,32,34)/t22-,23-,24-/m0/s1. The third-order valence-corrected chi connectivity index (χ3v) is 5.76. The molecule has 0 saturated heterocycles. The number of amides is 1. The molecule has 2 rings (SSSR count). The van der Waals surface area contributed by atoms with Crippen molar-refractivity contribution < 1.29 is 32.6 Å². The minimum absolute atomic E-state index is 0.0376. The smallest absolute Gasteiger partial charge is 0.345 e. The van der Waals surface area contributed by atoms with Crippen LogP contribution in [0.4, 0.5) is 8.78 Å². The van der Waals surface area contributed by atoms with Crippen molar-refractivity contribution in [1.82, 2.24) is 5.32 Å². The van der Waals surface area contributed by atoms with E-state index < -0.39 is 55.3 Å². The zero-order valence-electron chi connectivity index (χ0n) is 21.3. The minimum atomic E-state index is -3.10. The first-order valence-corrected chi connectivity index (χ1v) is 12.4. The lowest BCUT2D eigenvalue weighted by atomic mass is 9.93. The van der Waals surface area contributed by atoms with Crippen molar-refractivity contribution in [3.63, 3.8) is 0 Å². The summed E-state index contributed by atoms with van der Waals surface area (Å²) in [6.45, 7) is -0.0915. The number of hydrogen-bond acceptors (Lipinski definition) is 6. The van der Waals surface area contributed by atoms with Gasteiger partial charge in [0.15, 0.2) is 5.78 Å². The second-order valence-corrected chi connectivity index (χ2v) is 9.38. The van der Waals surface area contributed by atoms with Gasteiger partial charge >= 0.3 is 12.6 Å². The zero-order chi connectivity index (χ0) is 27.2. The van der Waals surface area contributed by atoms with Crippen molar-refractivity contribution in [3.8, 4) is 0 Å². The monoisotopic (exact) mass is 518 g/mol. The maximum Gasteiger partial charge on any atom is 0.345 e. The molecule has 1 amide bonds. The maximum atomic E-state index is 13.1. The second kappa shape index (κ2) is 15.8. The van der Waals surface area contributed by atoms with Crippen LogP contribution in [0.5, 0.6) is 0 Å². The van der Waals surface area contributed by atoms with E-state index in [1.54, 1.807) is 30.3 Å². The number of nitrogens with two attached hydrogens (primary N) is 1. The van der Waals surface area contributed by atoms with Crippen molar-refractivity contribution >= 4 is 17.7 Å². The van der Waals surface area contributed by atoms with E-state index >= 15 is 0 Å². The highest BCUT2D eigenvalue weighted by Crippen LogP contribution is 2.16. The van der Waals surface area contributed by atoms with E-state index in [1.807, 2.05) is 44.2 Å². The van der Waals surface area contributed by atoms with Gasteiger partial charge in [-0.15, -0.1) is 0 Å². The Morgan fingerprint density at radius 2 is 1.54 bits per heavy atom. The second-order valence-electron chi connectivity index (χ2n) is 9.38. The summed E-state index contributed by atoms with van der Waals surface area (Å²) in [5.41, 5.74) is 7.82. The molecular formula is C28H36F2N2O5. The Bertz CT molecular complexity index is 973. The number of hydrogen-bond donors (Lipinski definition) is 2. The number of carbonyl (C=O) groups is 3. The molecule has 0 unspecified atom stereocenters. The number of benzene rings is 2. The molecule has 7 nitrogen and oxygen atoms in total. The maximum absolute atomic E-state index is 13.1. The van der Waals surface area contributed by atoms with Gasteiger partial charge in [-0.2, -0.15) is 8.78 Å². The number of halogens is 2. The summed E-state index contributed by atoms with van der Waals surface area (Å²) in [6.07, 6.45) is 0.863. The number of ether oxygens (including phenoxy) is 2. The van der Waals surface area contributed by atoms with Crippen molar-refractivity contribution in [3.05, 3.63) is 71.8 Å². The van der Waals surface area contributed by atoms with E-state index in [2.05, 4.69) is 10.1 Å². The topological polar surface area (TPSA) is 108 Å². The number of Topliss-reactive ketones (excluding diaryl/α,β-unsaturated/α-hetero) is 1. The Morgan fingerprint density at radius 1 is 0.946 bits per heavy atom. The highest BCUT2D eigenvalue weighted by molar-refractivity contribution is 5.92. The third kappa shape index (κ3) is 11.6. The fraction of sp³-hybridized carbons (Fsp3) is 0.464. The predicted octanol–water partition coefficient (Wildman–Crippen LogP) is 4.04. The quantitative estimate of drug-likeness (QED) is 0.325. The molecule has 0 radical (unpaired) electrons. The summed E-state index contributed by atoms with van der Waals surface area (Å²) in [5.74, 6) is -3.00. The summed E-state index contributed by atoms with van der Waals surface area (Å²) >= 11 is 0. The number of ketones is 1. The summed E-state index contributed by atoms with van der Waals surface area (Å²) < 4.78 is 35.0. The average Bonchev–Trinajstić information content (AvgIpc) is 2.88. The number of esters is 1. The normalized spacial score (nSPS) is 13.7. The van der Waals surface area contributed by atoms with Crippen LogP contribution < -0.4 is 11.1 Å². The van der Waals surface area contributed by atoms with Crippen molar-refractivity contribution in [2.45, 2.75) is 64.8 Å². The molecule has 0 heterocycles. The van der Waals surface area contributed by atoms with Crippen molar-refractivity contribution in [2.75, 3.05) is 6.61 Å². The van der Waals surface area contributed by atoms with Gasteiger partial charge in [-0.25, -0.2) is 0 Å². The van der Waals surface area contributed by atoms with Gasteiger partial charge < -0.3 is 20.5 Å². The van der Waals surface area contributed by atoms with Crippen LogP contribution in [0.1, 0.15) is 44.2 Å². The highest BCUT2D eigenvalue weighted by atomic mass is 19.3. The number of rotatable bonds is 16. The van der Waals surface area contributed by atoms with E-state index in [-0.39, 0.29) is 12.5 Å². The van der Waals surface area contributed by atoms with Gasteiger partial charge in [0.2, 0.25) is 5.91 Å². The molecule has 0 bridgehead atoms. The van der Waals surface area contributed by atoms with Gasteiger partial charge in [-0.05, 0) is 36.3 Å². The lowest BCUT2D eigenvalue weighted by Crippen LogP contribution is -2.49. The van der Waals surface area contributed by atoms with Crippen LogP contribution in [-0.4, -0.2) is 43.0 Å². The van der Waals surface area contributed by atoms with Crippen molar-refractivity contribution in [1.29, 1.82) is 0 Å². The molecule has 37 heavy (non-hydrogen) atoms. The summed E-state index contributed by atoms with van der Waals surface area (Å²) in [5, 5.41) is 2.70. The molecule has 0 saturated carbocycles. The Labute approximate surface area is 216 Å². The largest absolute Gasteiger partial charge is 0.461 e. The van der Waals surface area contributed by atoms with Crippen LogP contribution in [-0.2, 0) is 36.9 Å². The Kier molecular flexibility index (Phi) is 12.9. The Balaban J connectivity index is 2.01. The van der Waals surface area contributed by atoms with Gasteiger partial charge in [-0.3, -0.25) is 14.4 Å². The molecule has 0 aliphatic heterocycles. The number of carbonyl (C=O) groups excluding carboxylic acids is 3. The first kappa shape index (κ1) is 30.1. The van der Waals surface area contributed by atoms with E-state index in [1.165, 1.54) is 0 Å². The molecular weight excluding hydrogens is 482 g/mol. The average molecular weight is 519 g/mol. The first-order valence-electron chi connectivity index (χ1n) is 12.4. The molecule has 0 spiro atoms. The molecule has 0 fully saturated rings. The molecule has 2 aromatic carbocycles. The van der Waals surface area contributed by atoms with E-state index in [0.717, 1.165) is 5.56 Å². The summed E-state index contributed by atoms with van der Waals surface area (Å²) in [6, 6.07) is 16.7. The molecule has 2 aromatic rings. The molecule has 3 N–H and O–H groups in total. The van der Waals surface area contributed by atoms with Crippen LogP contribution in [0, 0.1) is 11.8 Å². The van der Waals surface area contributed by atoms with Gasteiger partial charge in [0.1, 0.15) is 6.61 Å². The molecule has 0 aliphatic rings. The van der Waals surface area contributed by atoms with Gasteiger partial charge in [-0.1, -0.05) is 74.5 Å². The van der Waals surface area contributed by atoms with Crippen LogP contribution >= 0.6 is 0 Å². The lowest BCUT2D eigenvalue weighted by Gasteiger charge is -2.23. The molecule has 3 atom stereocenters. The van der Waals surface area contributed by atoms with Gasteiger partial charge in [0.05, 0.1) is 24.6 Å². The third-order valence-electron chi connectivity index (χ3n) is 5.76. The molecule has 9 heteroatoms. The fourth-order valence-corrected chi connectivity index (χ4v) is 3.75. The molecule has 202 valence electrons. The number of aryl methyl sites for hydroxylation is 1. The van der Waals surface area contributed by atoms with Gasteiger partial charge in [0, 0.05) is 6.42 Å². The SMILES string of the molecule is CC(C)C[C@H](NC(=O)[C@@H](N)CCc1ccccc1)C(=O)C[C@@H](COC(F)F)C(=O)OCc1ccccc1.